The Kier molecular flexibility index (Phi) is 4.78. The number of rotatable bonds is 4. The van der Waals surface area contributed by atoms with Gasteiger partial charge in [0.15, 0.2) is 0 Å². The third kappa shape index (κ3) is 3.36. The van der Waals surface area contributed by atoms with E-state index in [2.05, 4.69) is 44.8 Å². The number of nitrogens with zero attached hydrogens (tertiary/aromatic N) is 1. The molecule has 1 aliphatic heterocycles. The average Bonchev–Trinajstić information content (AvgIpc) is 2.63. The summed E-state index contributed by atoms with van der Waals surface area (Å²) in [6.45, 7) is 11.3. The van der Waals surface area contributed by atoms with Gasteiger partial charge in [-0.3, -0.25) is 10.1 Å². The van der Waals surface area contributed by atoms with E-state index in [1.807, 2.05) is 0 Å². The molecule has 0 radical (unpaired) electrons. The topological polar surface area (TPSA) is 32.3 Å². The van der Waals surface area contributed by atoms with Crippen LogP contribution in [0.2, 0.25) is 0 Å². The number of amides is 1. The molecule has 2 fully saturated rings. The molecule has 116 valence electrons. The molecular formula is C17H32N2O. The molecule has 1 aliphatic carbocycles. The highest BCUT2D eigenvalue weighted by atomic mass is 16.2. The molecule has 1 N–H and O–H groups in total. The molecule has 0 spiro atoms. The van der Waals surface area contributed by atoms with E-state index in [4.69, 9.17) is 0 Å². The maximum Gasteiger partial charge on any atom is 0.241 e. The van der Waals surface area contributed by atoms with Crippen molar-refractivity contribution in [1.82, 2.24) is 10.2 Å². The summed E-state index contributed by atoms with van der Waals surface area (Å²) in [5, 5.41) is 3.57. The van der Waals surface area contributed by atoms with Gasteiger partial charge in [0.2, 0.25) is 5.91 Å². The minimum absolute atomic E-state index is 0.0452. The standard InChI is InChI=1S/C17H32N2O/c1-6-14-16(20)19(15(18-14)10-12(2)3)13-8-7-9-17(4,5)11-13/h12-15,18H,6-11H2,1-5H3. The monoisotopic (exact) mass is 280 g/mol. The molecular weight excluding hydrogens is 248 g/mol. The second kappa shape index (κ2) is 6.05. The van der Waals surface area contributed by atoms with E-state index < -0.39 is 0 Å². The van der Waals surface area contributed by atoms with Crippen molar-refractivity contribution in [2.45, 2.75) is 91.4 Å². The van der Waals surface area contributed by atoms with Crippen molar-refractivity contribution in [3.05, 3.63) is 0 Å². The van der Waals surface area contributed by atoms with E-state index in [1.165, 1.54) is 19.3 Å². The van der Waals surface area contributed by atoms with Gasteiger partial charge >= 0.3 is 0 Å². The van der Waals surface area contributed by atoms with Crippen LogP contribution in [-0.2, 0) is 4.79 Å². The van der Waals surface area contributed by atoms with Crippen molar-refractivity contribution in [1.29, 1.82) is 0 Å². The Hall–Kier alpha value is -0.570. The van der Waals surface area contributed by atoms with Crippen molar-refractivity contribution < 1.29 is 4.79 Å². The first-order chi connectivity index (χ1) is 9.34. The van der Waals surface area contributed by atoms with Gasteiger partial charge in [0, 0.05) is 6.04 Å². The molecule has 1 amide bonds. The van der Waals surface area contributed by atoms with Crippen LogP contribution in [-0.4, -0.2) is 29.1 Å². The van der Waals surface area contributed by atoms with E-state index in [9.17, 15) is 4.79 Å². The Morgan fingerprint density at radius 3 is 2.65 bits per heavy atom. The lowest BCUT2D eigenvalue weighted by Crippen LogP contribution is -2.48. The third-order valence-electron chi connectivity index (χ3n) is 4.96. The fraction of sp³-hybridized carbons (Fsp3) is 0.941. The van der Waals surface area contributed by atoms with Crippen LogP contribution in [0, 0.1) is 11.3 Å². The first-order valence-electron chi connectivity index (χ1n) is 8.42. The highest BCUT2D eigenvalue weighted by Crippen LogP contribution is 2.39. The van der Waals surface area contributed by atoms with E-state index in [0.717, 1.165) is 19.3 Å². The Morgan fingerprint density at radius 2 is 2.10 bits per heavy atom. The molecule has 2 rings (SSSR count). The molecule has 3 heteroatoms. The summed E-state index contributed by atoms with van der Waals surface area (Å²) in [4.78, 5) is 14.9. The zero-order valence-electron chi connectivity index (χ0n) is 13.9. The maximum atomic E-state index is 12.7. The predicted octanol–water partition coefficient (Wildman–Crippen LogP) is 3.54. The van der Waals surface area contributed by atoms with Crippen LogP contribution < -0.4 is 5.32 Å². The van der Waals surface area contributed by atoms with Gasteiger partial charge in [0.05, 0.1) is 12.2 Å². The Morgan fingerprint density at radius 1 is 1.40 bits per heavy atom. The van der Waals surface area contributed by atoms with Crippen molar-refractivity contribution in [3.63, 3.8) is 0 Å². The Balaban J connectivity index is 2.14. The first-order valence-corrected chi connectivity index (χ1v) is 8.42. The average molecular weight is 280 g/mol. The normalized spacial score (nSPS) is 34.0. The lowest BCUT2D eigenvalue weighted by atomic mass is 9.74. The van der Waals surface area contributed by atoms with Gasteiger partial charge in [0.1, 0.15) is 0 Å². The minimum atomic E-state index is 0.0452. The number of carbonyl (C=O) groups is 1. The van der Waals surface area contributed by atoms with Crippen LogP contribution in [0.3, 0.4) is 0 Å². The van der Waals surface area contributed by atoms with E-state index in [0.29, 0.717) is 23.3 Å². The van der Waals surface area contributed by atoms with Crippen LogP contribution in [0.5, 0.6) is 0 Å². The highest BCUT2D eigenvalue weighted by Gasteiger charge is 2.43. The lowest BCUT2D eigenvalue weighted by Gasteiger charge is -2.42. The molecule has 3 atom stereocenters. The number of nitrogens with one attached hydrogen (secondary N) is 1. The van der Waals surface area contributed by atoms with Crippen LogP contribution >= 0.6 is 0 Å². The van der Waals surface area contributed by atoms with Crippen molar-refractivity contribution in [2.24, 2.45) is 11.3 Å². The van der Waals surface area contributed by atoms with Crippen LogP contribution in [0.25, 0.3) is 0 Å². The fourth-order valence-electron chi connectivity index (χ4n) is 3.97. The van der Waals surface area contributed by atoms with Gasteiger partial charge in [-0.25, -0.2) is 0 Å². The number of hydrogen-bond acceptors (Lipinski definition) is 2. The van der Waals surface area contributed by atoms with Crippen LogP contribution in [0.1, 0.15) is 73.1 Å². The molecule has 0 aromatic carbocycles. The third-order valence-corrected chi connectivity index (χ3v) is 4.96. The summed E-state index contributed by atoms with van der Waals surface area (Å²) in [5.74, 6) is 0.968. The molecule has 1 saturated heterocycles. The van der Waals surface area contributed by atoms with Gasteiger partial charge in [0.25, 0.3) is 0 Å². The smallest absolute Gasteiger partial charge is 0.241 e. The molecule has 0 bridgehead atoms. The quantitative estimate of drug-likeness (QED) is 0.854. The summed E-state index contributed by atoms with van der Waals surface area (Å²) in [6, 6.07) is 0.489. The lowest BCUT2D eigenvalue weighted by molar-refractivity contribution is -0.134. The van der Waals surface area contributed by atoms with Gasteiger partial charge in [-0.05, 0) is 43.4 Å². The summed E-state index contributed by atoms with van der Waals surface area (Å²) >= 11 is 0. The summed E-state index contributed by atoms with van der Waals surface area (Å²) in [5.41, 5.74) is 0.385. The second-order valence-corrected chi connectivity index (χ2v) is 7.93. The second-order valence-electron chi connectivity index (χ2n) is 7.93. The van der Waals surface area contributed by atoms with Crippen molar-refractivity contribution in [3.8, 4) is 0 Å². The van der Waals surface area contributed by atoms with Crippen LogP contribution in [0.15, 0.2) is 0 Å². The van der Waals surface area contributed by atoms with Gasteiger partial charge < -0.3 is 4.90 Å². The maximum absolute atomic E-state index is 12.7. The molecule has 20 heavy (non-hydrogen) atoms. The Bertz CT molecular complexity index is 351. The minimum Gasteiger partial charge on any atom is -0.323 e. The summed E-state index contributed by atoms with van der Waals surface area (Å²) in [6.07, 6.45) is 7.12. The number of carbonyl (C=O) groups excluding carboxylic acids is 1. The number of hydrogen-bond donors (Lipinski definition) is 1. The van der Waals surface area contributed by atoms with Gasteiger partial charge in [-0.2, -0.15) is 0 Å². The van der Waals surface area contributed by atoms with E-state index in [-0.39, 0.29) is 12.2 Å². The summed E-state index contributed by atoms with van der Waals surface area (Å²) < 4.78 is 0. The van der Waals surface area contributed by atoms with Gasteiger partial charge in [-0.1, -0.05) is 41.0 Å². The first kappa shape index (κ1) is 15.8. The van der Waals surface area contributed by atoms with Crippen molar-refractivity contribution in [2.75, 3.05) is 0 Å². The van der Waals surface area contributed by atoms with Crippen molar-refractivity contribution >= 4 is 5.91 Å². The predicted molar refractivity (Wildman–Crippen MR) is 83.3 cm³/mol. The van der Waals surface area contributed by atoms with Crippen LogP contribution in [0.4, 0.5) is 0 Å². The molecule has 2 aliphatic rings. The molecule has 0 aromatic heterocycles. The molecule has 3 nitrogen and oxygen atoms in total. The van der Waals surface area contributed by atoms with E-state index >= 15 is 0 Å². The summed E-state index contributed by atoms with van der Waals surface area (Å²) in [7, 11) is 0. The molecule has 1 heterocycles. The van der Waals surface area contributed by atoms with Gasteiger partial charge in [-0.15, -0.1) is 0 Å². The SMILES string of the molecule is CCC1NC(CC(C)C)N(C2CCCC(C)(C)C2)C1=O. The zero-order chi connectivity index (χ0) is 14.9. The Labute approximate surface area is 124 Å². The molecule has 1 saturated carbocycles. The highest BCUT2D eigenvalue weighted by molar-refractivity contribution is 5.84. The van der Waals surface area contributed by atoms with E-state index in [1.54, 1.807) is 0 Å². The molecule has 0 aromatic rings. The largest absolute Gasteiger partial charge is 0.323 e. The molecule has 3 unspecified atom stereocenters. The zero-order valence-corrected chi connectivity index (χ0v) is 13.9. The fourth-order valence-corrected chi connectivity index (χ4v) is 3.97.